The predicted molar refractivity (Wildman–Crippen MR) is 53.9 cm³/mol. The van der Waals surface area contributed by atoms with Crippen molar-refractivity contribution in [2.45, 2.75) is 32.3 Å². The lowest BCUT2D eigenvalue weighted by Gasteiger charge is -2.32. The van der Waals surface area contributed by atoms with Crippen LogP contribution in [0.5, 0.6) is 0 Å². The summed E-state index contributed by atoms with van der Waals surface area (Å²) in [7, 11) is 1.28. The maximum Gasteiger partial charge on any atom is 0.348 e. The van der Waals surface area contributed by atoms with Crippen molar-refractivity contribution >= 4 is 5.97 Å². The van der Waals surface area contributed by atoms with Crippen molar-refractivity contribution < 1.29 is 14.3 Å². The van der Waals surface area contributed by atoms with Gasteiger partial charge in [0.2, 0.25) is 0 Å². The lowest BCUT2D eigenvalue weighted by molar-refractivity contribution is -0.135. The maximum absolute atomic E-state index is 11.3. The molecule has 0 bridgehead atoms. The molecule has 1 rings (SSSR count). The topological polar surface area (TPSA) is 59.3 Å². The highest BCUT2D eigenvalue weighted by atomic mass is 16.5. The molecule has 1 fully saturated rings. The summed E-state index contributed by atoms with van der Waals surface area (Å²) in [6.07, 6.45) is 1.23. The fraction of sp³-hybridized carbons (Fsp3) is 0.636. The first-order chi connectivity index (χ1) is 7.00. The van der Waals surface area contributed by atoms with Gasteiger partial charge in [-0.25, -0.2) is 4.79 Å². The van der Waals surface area contributed by atoms with Crippen LogP contribution in [0.4, 0.5) is 0 Å². The molecule has 0 aromatic rings. The molecule has 0 unspecified atom stereocenters. The summed E-state index contributed by atoms with van der Waals surface area (Å²) in [6, 6.07) is 1.91. The van der Waals surface area contributed by atoms with E-state index in [4.69, 9.17) is 10.00 Å². The van der Waals surface area contributed by atoms with Crippen LogP contribution >= 0.6 is 0 Å². The Balaban J connectivity index is 2.97. The molecule has 0 amide bonds. The van der Waals surface area contributed by atoms with Crippen LogP contribution in [0.2, 0.25) is 0 Å². The number of rotatable bonds is 1. The van der Waals surface area contributed by atoms with Gasteiger partial charge in [0.25, 0.3) is 0 Å². The highest BCUT2D eigenvalue weighted by Crippen LogP contribution is 2.30. The monoisotopic (exact) mass is 209 g/mol. The van der Waals surface area contributed by atoms with E-state index in [0.29, 0.717) is 19.4 Å². The molecule has 0 spiro atoms. The third-order valence-electron chi connectivity index (χ3n) is 2.39. The first-order valence-corrected chi connectivity index (χ1v) is 4.84. The molecule has 0 aromatic heterocycles. The molecule has 1 aliphatic heterocycles. The van der Waals surface area contributed by atoms with Crippen LogP contribution in [0, 0.1) is 11.3 Å². The van der Waals surface area contributed by atoms with Crippen LogP contribution in [-0.2, 0) is 14.3 Å². The molecular weight excluding hydrogens is 194 g/mol. The number of hydrogen-bond acceptors (Lipinski definition) is 4. The van der Waals surface area contributed by atoms with Gasteiger partial charge in [-0.15, -0.1) is 0 Å². The Labute approximate surface area is 89.5 Å². The number of nitrogens with zero attached hydrogens (tertiary/aromatic N) is 1. The van der Waals surface area contributed by atoms with E-state index >= 15 is 0 Å². The second-order valence-corrected chi connectivity index (χ2v) is 4.12. The highest BCUT2D eigenvalue weighted by Gasteiger charge is 2.28. The van der Waals surface area contributed by atoms with Crippen LogP contribution in [-0.4, -0.2) is 25.3 Å². The number of methoxy groups -OCH3 is 1. The van der Waals surface area contributed by atoms with Crippen molar-refractivity contribution in [1.82, 2.24) is 0 Å². The molecular formula is C11H15NO3. The lowest BCUT2D eigenvalue weighted by Crippen LogP contribution is -2.31. The van der Waals surface area contributed by atoms with Crippen molar-refractivity contribution in [3.05, 3.63) is 11.1 Å². The third-order valence-corrected chi connectivity index (χ3v) is 2.39. The van der Waals surface area contributed by atoms with Crippen LogP contribution < -0.4 is 0 Å². The minimum Gasteiger partial charge on any atom is -0.465 e. The van der Waals surface area contributed by atoms with Gasteiger partial charge in [0.15, 0.2) is 0 Å². The summed E-state index contributed by atoms with van der Waals surface area (Å²) in [4.78, 5) is 11.3. The first-order valence-electron chi connectivity index (χ1n) is 4.84. The van der Waals surface area contributed by atoms with Gasteiger partial charge in [-0.05, 0) is 32.3 Å². The lowest BCUT2D eigenvalue weighted by atomic mass is 9.90. The van der Waals surface area contributed by atoms with Crippen molar-refractivity contribution in [2.24, 2.45) is 0 Å². The molecule has 15 heavy (non-hydrogen) atoms. The van der Waals surface area contributed by atoms with Gasteiger partial charge in [0.05, 0.1) is 19.3 Å². The fourth-order valence-electron chi connectivity index (χ4n) is 1.69. The Hall–Kier alpha value is -1.34. The fourth-order valence-corrected chi connectivity index (χ4v) is 1.69. The Morgan fingerprint density at radius 3 is 2.73 bits per heavy atom. The summed E-state index contributed by atoms with van der Waals surface area (Å²) in [5.74, 6) is -0.551. The second-order valence-electron chi connectivity index (χ2n) is 4.12. The second kappa shape index (κ2) is 4.45. The molecule has 0 aliphatic carbocycles. The van der Waals surface area contributed by atoms with E-state index in [-0.39, 0.29) is 11.2 Å². The van der Waals surface area contributed by atoms with E-state index in [9.17, 15) is 4.79 Å². The number of carbonyl (C=O) groups excluding carboxylic acids is 1. The van der Waals surface area contributed by atoms with Gasteiger partial charge in [0.1, 0.15) is 11.6 Å². The normalized spacial score (nSPS) is 22.8. The van der Waals surface area contributed by atoms with E-state index in [1.165, 1.54) is 7.11 Å². The van der Waals surface area contributed by atoms with Crippen LogP contribution in [0.3, 0.4) is 0 Å². The zero-order chi connectivity index (χ0) is 11.5. The SMILES string of the molecule is COC(=O)/C(C#N)=C1/CCOC(C)(C)C1. The number of hydrogen-bond donors (Lipinski definition) is 0. The quantitative estimate of drug-likeness (QED) is 0.373. The molecule has 0 saturated carbocycles. The Bertz CT molecular complexity index is 336. The number of nitriles is 1. The summed E-state index contributed by atoms with van der Waals surface area (Å²) in [5.41, 5.74) is 0.665. The van der Waals surface area contributed by atoms with E-state index < -0.39 is 5.97 Å². The summed E-state index contributed by atoms with van der Waals surface area (Å²) in [5, 5.41) is 8.90. The van der Waals surface area contributed by atoms with E-state index in [1.54, 1.807) is 0 Å². The average Bonchev–Trinajstić information content (AvgIpc) is 2.17. The standard InChI is InChI=1S/C11H15NO3/c1-11(2)6-8(4-5-15-11)9(7-12)10(13)14-3/h4-6H2,1-3H3/b9-8-. The zero-order valence-corrected chi connectivity index (χ0v) is 9.29. The summed E-state index contributed by atoms with van der Waals surface area (Å²) < 4.78 is 10.1. The Kier molecular flexibility index (Phi) is 3.48. The summed E-state index contributed by atoms with van der Waals surface area (Å²) in [6.45, 7) is 4.43. The zero-order valence-electron chi connectivity index (χ0n) is 9.29. The van der Waals surface area contributed by atoms with Crippen LogP contribution in [0.25, 0.3) is 0 Å². The molecule has 1 saturated heterocycles. The molecule has 0 radical (unpaired) electrons. The highest BCUT2D eigenvalue weighted by molar-refractivity contribution is 5.93. The number of esters is 1. The Morgan fingerprint density at radius 1 is 1.60 bits per heavy atom. The minimum atomic E-state index is -0.551. The molecule has 0 aromatic carbocycles. The van der Waals surface area contributed by atoms with Gasteiger partial charge >= 0.3 is 5.97 Å². The van der Waals surface area contributed by atoms with Crippen molar-refractivity contribution in [3.63, 3.8) is 0 Å². The van der Waals surface area contributed by atoms with Crippen LogP contribution in [0.1, 0.15) is 26.7 Å². The predicted octanol–water partition coefficient (Wildman–Crippen LogP) is 1.57. The van der Waals surface area contributed by atoms with Gasteiger partial charge in [-0.2, -0.15) is 5.26 Å². The van der Waals surface area contributed by atoms with E-state index in [1.807, 2.05) is 19.9 Å². The molecule has 0 atom stereocenters. The molecule has 1 heterocycles. The van der Waals surface area contributed by atoms with Crippen LogP contribution in [0.15, 0.2) is 11.1 Å². The van der Waals surface area contributed by atoms with Crippen molar-refractivity contribution in [2.75, 3.05) is 13.7 Å². The van der Waals surface area contributed by atoms with Gasteiger partial charge < -0.3 is 9.47 Å². The van der Waals surface area contributed by atoms with Crippen molar-refractivity contribution in [3.8, 4) is 6.07 Å². The molecule has 0 N–H and O–H groups in total. The third kappa shape index (κ3) is 2.80. The average molecular weight is 209 g/mol. The smallest absolute Gasteiger partial charge is 0.348 e. The number of ether oxygens (including phenoxy) is 2. The minimum absolute atomic E-state index is 0.133. The molecule has 1 aliphatic rings. The van der Waals surface area contributed by atoms with E-state index in [0.717, 1.165) is 5.57 Å². The largest absolute Gasteiger partial charge is 0.465 e. The molecule has 4 nitrogen and oxygen atoms in total. The van der Waals surface area contributed by atoms with Gasteiger partial charge in [0, 0.05) is 0 Å². The molecule has 82 valence electrons. The summed E-state index contributed by atoms with van der Waals surface area (Å²) >= 11 is 0. The number of carbonyl (C=O) groups is 1. The Morgan fingerprint density at radius 2 is 2.27 bits per heavy atom. The first kappa shape index (κ1) is 11.7. The van der Waals surface area contributed by atoms with Crippen molar-refractivity contribution in [1.29, 1.82) is 5.26 Å². The van der Waals surface area contributed by atoms with E-state index in [2.05, 4.69) is 4.74 Å². The van der Waals surface area contributed by atoms with Gasteiger partial charge in [-0.3, -0.25) is 0 Å². The molecule has 4 heteroatoms. The van der Waals surface area contributed by atoms with Gasteiger partial charge in [-0.1, -0.05) is 0 Å². The maximum atomic E-state index is 11.3.